The third kappa shape index (κ3) is 2.81. The van der Waals surface area contributed by atoms with Gasteiger partial charge in [-0.25, -0.2) is 9.18 Å². The molecule has 0 atom stereocenters. The summed E-state index contributed by atoms with van der Waals surface area (Å²) in [6.07, 6.45) is 3.35. The summed E-state index contributed by atoms with van der Waals surface area (Å²) in [7, 11) is 0. The van der Waals surface area contributed by atoms with Crippen molar-refractivity contribution >= 4 is 11.7 Å². The van der Waals surface area contributed by atoms with Gasteiger partial charge in [0.05, 0.1) is 0 Å². The summed E-state index contributed by atoms with van der Waals surface area (Å²) in [6, 6.07) is 6.12. The summed E-state index contributed by atoms with van der Waals surface area (Å²) < 4.78 is 12.9. The number of amides is 2. The lowest BCUT2D eigenvalue weighted by Crippen LogP contribution is -2.45. The topological polar surface area (TPSA) is 23.6 Å². The summed E-state index contributed by atoms with van der Waals surface area (Å²) in [5.74, 6) is -0.278. The van der Waals surface area contributed by atoms with Crippen molar-refractivity contribution < 1.29 is 9.18 Å². The molecule has 1 aromatic rings. The molecule has 18 heavy (non-hydrogen) atoms. The number of piperidine rings is 1. The molecule has 1 aromatic carbocycles. The summed E-state index contributed by atoms with van der Waals surface area (Å²) in [5.41, 5.74) is 0.759. The molecule has 1 saturated heterocycles. The van der Waals surface area contributed by atoms with Gasteiger partial charge >= 0.3 is 6.03 Å². The van der Waals surface area contributed by atoms with Crippen molar-refractivity contribution in [2.75, 3.05) is 24.5 Å². The minimum absolute atomic E-state index is 0.0313. The fourth-order valence-electron chi connectivity index (χ4n) is 2.31. The van der Waals surface area contributed by atoms with Crippen LogP contribution in [0.4, 0.5) is 14.9 Å². The van der Waals surface area contributed by atoms with E-state index in [4.69, 9.17) is 0 Å². The number of halogens is 1. The van der Waals surface area contributed by atoms with Crippen LogP contribution >= 0.6 is 0 Å². The van der Waals surface area contributed by atoms with E-state index in [9.17, 15) is 9.18 Å². The lowest BCUT2D eigenvalue weighted by molar-refractivity contribution is 0.193. The number of carbonyl (C=O) groups is 1. The minimum Gasteiger partial charge on any atom is -0.324 e. The van der Waals surface area contributed by atoms with Crippen molar-refractivity contribution in [1.82, 2.24) is 4.90 Å². The summed E-state index contributed by atoms with van der Waals surface area (Å²) in [5, 5.41) is 0. The van der Waals surface area contributed by atoms with Gasteiger partial charge in [0.15, 0.2) is 0 Å². The van der Waals surface area contributed by atoms with Crippen LogP contribution < -0.4 is 4.90 Å². The molecule has 2 amide bonds. The molecular formula is C14H19FN2O. The normalized spacial score (nSPS) is 15.6. The summed E-state index contributed by atoms with van der Waals surface area (Å²) in [6.45, 7) is 4.19. The van der Waals surface area contributed by atoms with Gasteiger partial charge in [0.2, 0.25) is 0 Å². The molecule has 0 N–H and O–H groups in total. The Balaban J connectivity index is 2.12. The quantitative estimate of drug-likeness (QED) is 0.790. The molecule has 1 aliphatic heterocycles. The molecule has 0 bridgehead atoms. The lowest BCUT2D eigenvalue weighted by atomic mass is 10.1. The van der Waals surface area contributed by atoms with E-state index in [1.54, 1.807) is 17.0 Å². The zero-order chi connectivity index (χ0) is 13.0. The van der Waals surface area contributed by atoms with Crippen LogP contribution in [0.3, 0.4) is 0 Å². The molecule has 0 radical (unpaired) electrons. The zero-order valence-electron chi connectivity index (χ0n) is 10.7. The Bertz CT molecular complexity index is 399. The largest absolute Gasteiger partial charge is 0.324 e. The van der Waals surface area contributed by atoms with Crippen LogP contribution in [0.25, 0.3) is 0 Å². The predicted octanol–water partition coefficient (Wildman–Crippen LogP) is 3.26. The average Bonchev–Trinajstić information content (AvgIpc) is 2.42. The van der Waals surface area contributed by atoms with E-state index in [-0.39, 0.29) is 11.8 Å². The smallest absolute Gasteiger partial charge is 0.324 e. The van der Waals surface area contributed by atoms with Crippen LogP contribution in [0, 0.1) is 5.82 Å². The third-order valence-electron chi connectivity index (χ3n) is 3.31. The van der Waals surface area contributed by atoms with Gasteiger partial charge in [-0.2, -0.15) is 0 Å². The minimum atomic E-state index is -0.278. The van der Waals surface area contributed by atoms with E-state index in [1.807, 2.05) is 11.8 Å². The maximum atomic E-state index is 12.9. The Hall–Kier alpha value is -1.58. The van der Waals surface area contributed by atoms with E-state index < -0.39 is 0 Å². The van der Waals surface area contributed by atoms with Gasteiger partial charge in [-0.1, -0.05) is 0 Å². The van der Waals surface area contributed by atoms with E-state index in [2.05, 4.69) is 0 Å². The van der Waals surface area contributed by atoms with Crippen molar-refractivity contribution in [3.8, 4) is 0 Å². The van der Waals surface area contributed by atoms with Crippen LogP contribution in [0.1, 0.15) is 26.2 Å². The van der Waals surface area contributed by atoms with Crippen LogP contribution in [0.5, 0.6) is 0 Å². The molecule has 4 heteroatoms. The van der Waals surface area contributed by atoms with E-state index in [1.165, 1.54) is 18.6 Å². The molecule has 0 spiro atoms. The second kappa shape index (κ2) is 5.85. The Morgan fingerprint density at radius 2 is 1.83 bits per heavy atom. The number of likely N-dealkylation sites (tertiary alicyclic amines) is 1. The van der Waals surface area contributed by atoms with Gasteiger partial charge in [0.25, 0.3) is 0 Å². The van der Waals surface area contributed by atoms with Gasteiger partial charge in [-0.15, -0.1) is 0 Å². The first-order valence-electron chi connectivity index (χ1n) is 6.54. The zero-order valence-corrected chi connectivity index (χ0v) is 10.7. The number of carbonyl (C=O) groups excluding carboxylic acids is 1. The molecule has 2 rings (SSSR count). The molecule has 3 nitrogen and oxygen atoms in total. The van der Waals surface area contributed by atoms with E-state index in [0.717, 1.165) is 31.6 Å². The van der Waals surface area contributed by atoms with Crippen LogP contribution in [0.2, 0.25) is 0 Å². The van der Waals surface area contributed by atoms with Crippen molar-refractivity contribution in [2.45, 2.75) is 26.2 Å². The number of rotatable bonds is 2. The summed E-state index contributed by atoms with van der Waals surface area (Å²) >= 11 is 0. The molecular weight excluding hydrogens is 231 g/mol. The number of hydrogen-bond acceptors (Lipinski definition) is 1. The third-order valence-corrected chi connectivity index (χ3v) is 3.31. The predicted molar refractivity (Wildman–Crippen MR) is 70.2 cm³/mol. The first-order chi connectivity index (χ1) is 8.72. The highest BCUT2D eigenvalue weighted by Gasteiger charge is 2.22. The molecule has 1 heterocycles. The Labute approximate surface area is 107 Å². The Morgan fingerprint density at radius 3 is 2.39 bits per heavy atom. The fraction of sp³-hybridized carbons (Fsp3) is 0.500. The molecule has 98 valence electrons. The number of anilines is 1. The van der Waals surface area contributed by atoms with Crippen molar-refractivity contribution in [2.24, 2.45) is 0 Å². The molecule has 0 aliphatic carbocycles. The van der Waals surface area contributed by atoms with E-state index >= 15 is 0 Å². The van der Waals surface area contributed by atoms with Gasteiger partial charge in [-0.3, -0.25) is 4.90 Å². The molecule has 0 saturated carbocycles. The monoisotopic (exact) mass is 250 g/mol. The SMILES string of the molecule is CCN(C(=O)N1CCCCC1)c1ccc(F)cc1. The first kappa shape index (κ1) is 12.9. The first-order valence-corrected chi connectivity index (χ1v) is 6.54. The van der Waals surface area contributed by atoms with Gasteiger partial charge in [-0.05, 0) is 50.5 Å². The number of urea groups is 1. The highest BCUT2D eigenvalue weighted by atomic mass is 19.1. The van der Waals surface area contributed by atoms with Crippen LogP contribution in [-0.2, 0) is 0 Å². The Kier molecular flexibility index (Phi) is 4.18. The standard InChI is InChI=1S/C14H19FN2O/c1-2-17(13-8-6-12(15)7-9-13)14(18)16-10-4-3-5-11-16/h6-9H,2-5,10-11H2,1H3. The van der Waals surface area contributed by atoms with Crippen molar-refractivity contribution in [3.05, 3.63) is 30.1 Å². The summed E-state index contributed by atoms with van der Waals surface area (Å²) in [4.78, 5) is 16.0. The maximum absolute atomic E-state index is 12.9. The van der Waals surface area contributed by atoms with Crippen LogP contribution in [-0.4, -0.2) is 30.6 Å². The fourth-order valence-corrected chi connectivity index (χ4v) is 2.31. The van der Waals surface area contributed by atoms with Crippen molar-refractivity contribution in [1.29, 1.82) is 0 Å². The van der Waals surface area contributed by atoms with Gasteiger partial charge in [0, 0.05) is 25.3 Å². The Morgan fingerprint density at radius 1 is 1.22 bits per heavy atom. The number of benzene rings is 1. The second-order valence-electron chi connectivity index (χ2n) is 4.55. The molecule has 1 aliphatic rings. The molecule has 1 fully saturated rings. The van der Waals surface area contributed by atoms with Crippen molar-refractivity contribution in [3.63, 3.8) is 0 Å². The van der Waals surface area contributed by atoms with Gasteiger partial charge < -0.3 is 4.90 Å². The maximum Gasteiger partial charge on any atom is 0.324 e. The molecule has 0 unspecified atom stereocenters. The van der Waals surface area contributed by atoms with E-state index in [0.29, 0.717) is 6.54 Å². The highest BCUT2D eigenvalue weighted by molar-refractivity contribution is 5.91. The highest BCUT2D eigenvalue weighted by Crippen LogP contribution is 2.18. The van der Waals surface area contributed by atoms with Gasteiger partial charge in [0.1, 0.15) is 5.82 Å². The average molecular weight is 250 g/mol. The number of hydrogen-bond donors (Lipinski definition) is 0. The van der Waals surface area contributed by atoms with Crippen LogP contribution in [0.15, 0.2) is 24.3 Å². The molecule has 0 aromatic heterocycles. The second-order valence-corrected chi connectivity index (χ2v) is 4.55. The lowest BCUT2D eigenvalue weighted by Gasteiger charge is -2.32. The number of nitrogens with zero attached hydrogens (tertiary/aromatic N) is 2.